The van der Waals surface area contributed by atoms with E-state index >= 15 is 0 Å². The first kappa shape index (κ1) is 9.72. The number of rotatable bonds is 2. The largest absolute Gasteiger partial charge is 0.361 e. The third kappa shape index (κ3) is 1.86. The summed E-state index contributed by atoms with van der Waals surface area (Å²) in [5.41, 5.74) is 0. The van der Waals surface area contributed by atoms with Crippen molar-refractivity contribution < 1.29 is 4.74 Å². The van der Waals surface area contributed by atoms with E-state index in [4.69, 9.17) is 10.00 Å². The lowest BCUT2D eigenvalue weighted by molar-refractivity contribution is 0.151. The van der Waals surface area contributed by atoms with E-state index in [1.54, 1.807) is 11.3 Å². The molecule has 0 saturated carbocycles. The summed E-state index contributed by atoms with van der Waals surface area (Å²) in [6, 6.07) is 4.00. The molecule has 4 heteroatoms. The molecule has 0 aromatic carbocycles. The van der Waals surface area contributed by atoms with E-state index in [1.807, 2.05) is 13.0 Å². The van der Waals surface area contributed by atoms with Gasteiger partial charge in [0.25, 0.3) is 0 Å². The minimum absolute atomic E-state index is 0.431. The van der Waals surface area contributed by atoms with Crippen molar-refractivity contribution in [2.45, 2.75) is 13.0 Å². The monoisotopic (exact) mass is 245 g/mol. The van der Waals surface area contributed by atoms with Gasteiger partial charge in [-0.2, -0.15) is 5.26 Å². The van der Waals surface area contributed by atoms with Gasteiger partial charge in [-0.25, -0.2) is 0 Å². The highest BCUT2D eigenvalue weighted by atomic mass is 79.9. The van der Waals surface area contributed by atoms with Gasteiger partial charge < -0.3 is 4.74 Å². The van der Waals surface area contributed by atoms with Crippen molar-refractivity contribution in [3.05, 3.63) is 20.3 Å². The molecule has 0 aliphatic heterocycles. The van der Waals surface area contributed by atoms with Crippen LogP contribution in [-0.2, 0) is 4.74 Å². The Morgan fingerprint density at radius 3 is 2.75 bits per heavy atom. The second-order valence-electron chi connectivity index (χ2n) is 2.30. The third-order valence-electron chi connectivity index (χ3n) is 1.49. The fourth-order valence-corrected chi connectivity index (χ4v) is 2.43. The quantitative estimate of drug-likeness (QED) is 0.803. The van der Waals surface area contributed by atoms with E-state index in [2.05, 4.69) is 22.0 Å². The van der Waals surface area contributed by atoms with E-state index in [1.165, 1.54) is 12.0 Å². The number of halogens is 1. The zero-order chi connectivity index (χ0) is 9.14. The summed E-state index contributed by atoms with van der Waals surface area (Å²) in [6.45, 7) is 2.00. The highest BCUT2D eigenvalue weighted by Crippen LogP contribution is 2.31. The molecular weight excluding hydrogens is 238 g/mol. The van der Waals surface area contributed by atoms with Gasteiger partial charge >= 0.3 is 0 Å². The van der Waals surface area contributed by atoms with E-state index in [0.717, 1.165) is 9.35 Å². The molecule has 0 aliphatic rings. The number of aryl methyl sites for hydroxylation is 1. The maximum absolute atomic E-state index is 8.70. The maximum Gasteiger partial charge on any atom is 0.177 e. The average molecular weight is 246 g/mol. The molecular formula is C8H8BrNOS. The molecule has 0 aliphatic carbocycles. The Bertz CT molecular complexity index is 296. The predicted octanol–water partition coefficient (Wildman–Crippen LogP) is 3.03. The molecule has 1 unspecified atom stereocenters. The smallest absolute Gasteiger partial charge is 0.177 e. The molecule has 12 heavy (non-hydrogen) atoms. The number of methoxy groups -OCH3 is 1. The Labute approximate surface area is 83.9 Å². The molecule has 1 rings (SSSR count). The highest BCUT2D eigenvalue weighted by Gasteiger charge is 2.12. The van der Waals surface area contributed by atoms with E-state index < -0.39 is 6.10 Å². The van der Waals surface area contributed by atoms with Crippen LogP contribution in [0.25, 0.3) is 0 Å². The summed E-state index contributed by atoms with van der Waals surface area (Å²) in [6.07, 6.45) is -0.431. The summed E-state index contributed by atoms with van der Waals surface area (Å²) in [5, 5.41) is 8.70. The summed E-state index contributed by atoms with van der Waals surface area (Å²) in [7, 11) is 1.54. The highest BCUT2D eigenvalue weighted by molar-refractivity contribution is 9.10. The number of ether oxygens (including phenoxy) is 1. The van der Waals surface area contributed by atoms with Gasteiger partial charge in [-0.3, -0.25) is 0 Å². The molecule has 1 heterocycles. The van der Waals surface area contributed by atoms with Gasteiger partial charge in [0.15, 0.2) is 6.10 Å². The average Bonchev–Trinajstić information content (AvgIpc) is 2.35. The molecule has 0 bridgehead atoms. The van der Waals surface area contributed by atoms with Gasteiger partial charge in [-0.1, -0.05) is 0 Å². The topological polar surface area (TPSA) is 33.0 Å². The number of thiophene rings is 1. The van der Waals surface area contributed by atoms with Gasteiger partial charge in [-0.05, 0) is 28.9 Å². The molecule has 1 aromatic heterocycles. The van der Waals surface area contributed by atoms with Crippen LogP contribution in [0.15, 0.2) is 10.5 Å². The SMILES string of the molecule is COC(C#N)c1cc(Br)c(C)s1. The Morgan fingerprint density at radius 1 is 1.75 bits per heavy atom. The molecule has 0 radical (unpaired) electrons. The fourth-order valence-electron chi connectivity index (χ4n) is 0.843. The van der Waals surface area contributed by atoms with Crippen molar-refractivity contribution in [2.24, 2.45) is 0 Å². The van der Waals surface area contributed by atoms with Gasteiger partial charge in [0.1, 0.15) is 6.07 Å². The van der Waals surface area contributed by atoms with Crippen molar-refractivity contribution in [2.75, 3.05) is 7.11 Å². The van der Waals surface area contributed by atoms with Crippen molar-refractivity contribution in [3.8, 4) is 6.07 Å². The van der Waals surface area contributed by atoms with Crippen LogP contribution in [0.1, 0.15) is 15.9 Å². The minimum atomic E-state index is -0.431. The Morgan fingerprint density at radius 2 is 2.42 bits per heavy atom. The van der Waals surface area contributed by atoms with E-state index in [-0.39, 0.29) is 0 Å². The van der Waals surface area contributed by atoms with Crippen LogP contribution in [0.5, 0.6) is 0 Å². The second-order valence-corrected chi connectivity index (χ2v) is 4.44. The van der Waals surface area contributed by atoms with Gasteiger partial charge in [0.05, 0.1) is 0 Å². The van der Waals surface area contributed by atoms with Crippen LogP contribution < -0.4 is 0 Å². The number of nitriles is 1. The predicted molar refractivity (Wildman–Crippen MR) is 52.1 cm³/mol. The van der Waals surface area contributed by atoms with Crippen LogP contribution in [0.2, 0.25) is 0 Å². The molecule has 1 atom stereocenters. The van der Waals surface area contributed by atoms with Crippen LogP contribution in [-0.4, -0.2) is 7.11 Å². The molecule has 0 N–H and O–H groups in total. The maximum atomic E-state index is 8.70. The van der Waals surface area contributed by atoms with Gasteiger partial charge in [-0.15, -0.1) is 11.3 Å². The summed E-state index contributed by atoms with van der Waals surface area (Å²) in [4.78, 5) is 2.12. The zero-order valence-corrected chi connectivity index (χ0v) is 9.20. The molecule has 0 spiro atoms. The van der Waals surface area contributed by atoms with Crippen molar-refractivity contribution >= 4 is 27.3 Å². The van der Waals surface area contributed by atoms with Crippen molar-refractivity contribution in [3.63, 3.8) is 0 Å². The van der Waals surface area contributed by atoms with Crippen LogP contribution in [0.3, 0.4) is 0 Å². The van der Waals surface area contributed by atoms with Crippen LogP contribution in [0.4, 0.5) is 0 Å². The molecule has 2 nitrogen and oxygen atoms in total. The summed E-state index contributed by atoms with van der Waals surface area (Å²) >= 11 is 4.97. The lowest BCUT2D eigenvalue weighted by Gasteiger charge is -2.01. The van der Waals surface area contributed by atoms with E-state index in [0.29, 0.717) is 0 Å². The first-order chi connectivity index (χ1) is 5.69. The number of hydrogen-bond acceptors (Lipinski definition) is 3. The fraction of sp³-hybridized carbons (Fsp3) is 0.375. The standard InChI is InChI=1S/C8H8BrNOS/c1-5-6(9)3-8(12-5)7(4-10)11-2/h3,7H,1-2H3. The lowest BCUT2D eigenvalue weighted by atomic mass is 10.3. The summed E-state index contributed by atoms with van der Waals surface area (Å²) in [5.74, 6) is 0. The minimum Gasteiger partial charge on any atom is -0.361 e. The van der Waals surface area contributed by atoms with Crippen LogP contribution in [0, 0.1) is 18.3 Å². The van der Waals surface area contributed by atoms with Gasteiger partial charge in [0, 0.05) is 21.3 Å². The summed E-state index contributed by atoms with van der Waals surface area (Å²) < 4.78 is 6.02. The lowest BCUT2D eigenvalue weighted by Crippen LogP contribution is -1.93. The number of hydrogen-bond donors (Lipinski definition) is 0. The first-order valence-electron chi connectivity index (χ1n) is 3.37. The zero-order valence-electron chi connectivity index (χ0n) is 6.80. The van der Waals surface area contributed by atoms with Gasteiger partial charge in [0.2, 0.25) is 0 Å². The second kappa shape index (κ2) is 4.04. The Balaban J connectivity index is 2.96. The third-order valence-corrected chi connectivity index (χ3v) is 3.67. The molecule has 0 saturated heterocycles. The Hall–Kier alpha value is -0.370. The molecule has 64 valence electrons. The van der Waals surface area contributed by atoms with Crippen molar-refractivity contribution in [1.82, 2.24) is 0 Å². The van der Waals surface area contributed by atoms with Crippen LogP contribution >= 0.6 is 27.3 Å². The molecule has 0 fully saturated rings. The Kier molecular flexibility index (Phi) is 3.27. The first-order valence-corrected chi connectivity index (χ1v) is 4.98. The van der Waals surface area contributed by atoms with E-state index in [9.17, 15) is 0 Å². The van der Waals surface area contributed by atoms with Crippen molar-refractivity contribution in [1.29, 1.82) is 5.26 Å². The normalized spacial score (nSPS) is 12.5. The molecule has 1 aromatic rings. The molecule has 0 amide bonds. The number of nitrogens with zero attached hydrogens (tertiary/aromatic N) is 1.